The van der Waals surface area contributed by atoms with Gasteiger partial charge in [0, 0.05) is 66.2 Å². The Bertz CT molecular complexity index is 6760. The summed E-state index contributed by atoms with van der Waals surface area (Å²) in [7, 11) is -1.70. The molecular weight excluding hydrogens is 1890 g/mol. The number of nitrogens with zero attached hydrogens (tertiary/aromatic N) is 10. The number of aromatic nitrogens is 9. The SMILES string of the molecule is CC(C)(C)c1cc(NC(=O)Nc2cccc(Cl)c2Cl)n(-c2ccc3c(c2)CN(S(C)(=O)=O)CC3)n1.CNC(=O)Cc1cccc(-n2nc(C(C)(C)C)cc2NC(=O)Nc2cccc(Cl)c2Cl)c1.NC(=O)Cc1cccc(-n2nc(-c3ccccc3)cc2NC(=O)Nc2cccc(Cl)c2Cl)c1.NC(=O)Cc1cccc(-n2nc(-c3cscn3)cc2NC(=O)Nc2cccc(Cl)c2Cl)c1. The molecule has 0 atom stereocenters. The Morgan fingerprint density at radius 2 is 0.765 bits per heavy atom. The maximum Gasteiger partial charge on any atom is 0.324 e. The molecule has 15 rings (SSSR count). The van der Waals surface area contributed by atoms with Gasteiger partial charge in [-0.15, -0.1) is 11.3 Å². The van der Waals surface area contributed by atoms with Crippen LogP contribution in [-0.4, -0.2) is 119 Å². The van der Waals surface area contributed by atoms with E-state index in [9.17, 15) is 42.0 Å². The summed E-state index contributed by atoms with van der Waals surface area (Å²) in [6.07, 6.45) is 2.29. The van der Waals surface area contributed by atoms with E-state index in [0.717, 1.165) is 50.5 Å². The fourth-order valence-electron chi connectivity index (χ4n) is 13.1. The number of nitrogens with two attached hydrogens (primary N) is 2. The molecule has 40 heteroatoms. The number of rotatable bonds is 21. The average molecular weight is 1980 g/mol. The van der Waals surface area contributed by atoms with E-state index in [1.807, 2.05) is 138 Å². The van der Waals surface area contributed by atoms with Crippen molar-refractivity contribution in [3.63, 3.8) is 0 Å². The molecule has 0 radical (unpaired) electrons. The highest BCUT2D eigenvalue weighted by Crippen LogP contribution is 2.38. The number of carbonyl (C=O) groups excluding carboxylic acids is 7. The van der Waals surface area contributed by atoms with Crippen molar-refractivity contribution >= 4 is 202 Å². The predicted octanol–water partition coefficient (Wildman–Crippen LogP) is 21.3. The largest absolute Gasteiger partial charge is 0.369 e. The first-order valence-corrected chi connectivity index (χ1v) is 46.1. The second-order valence-corrected chi connectivity index (χ2v) is 37.6. The Balaban J connectivity index is 0.000000159. The zero-order chi connectivity index (χ0) is 95.0. The van der Waals surface area contributed by atoms with Crippen molar-refractivity contribution < 1.29 is 42.0 Å². The smallest absolute Gasteiger partial charge is 0.324 e. The molecule has 0 spiro atoms. The number of urea groups is 4. The molecule has 6 heterocycles. The molecule has 1 aliphatic heterocycles. The minimum absolute atomic E-state index is 0.0879. The molecular formula is C92H87Cl8N21O9S2. The number of likely N-dealkylation sites (N-methyl/N-ethyl adjacent to an activating group) is 1. The van der Waals surface area contributed by atoms with E-state index in [2.05, 4.69) is 63.0 Å². The van der Waals surface area contributed by atoms with Crippen LogP contribution in [0.4, 0.5) is 65.2 Å². The second-order valence-electron chi connectivity index (χ2n) is 31.7. The van der Waals surface area contributed by atoms with Crippen molar-refractivity contribution in [2.24, 2.45) is 11.5 Å². The zero-order valence-corrected chi connectivity index (χ0v) is 79.5. The van der Waals surface area contributed by atoms with Gasteiger partial charge in [0.2, 0.25) is 27.7 Å². The summed E-state index contributed by atoms with van der Waals surface area (Å²) in [5.41, 5.74) is 24.8. The number of thiazole rings is 1. The minimum atomic E-state index is -3.30. The number of anilines is 8. The van der Waals surface area contributed by atoms with Crippen LogP contribution >= 0.6 is 104 Å². The summed E-state index contributed by atoms with van der Waals surface area (Å²) in [5.74, 6) is 0.773. The lowest BCUT2D eigenvalue weighted by Crippen LogP contribution is -2.35. The van der Waals surface area contributed by atoms with Crippen LogP contribution < -0.4 is 59.3 Å². The number of benzene rings is 9. The molecule has 14 aromatic rings. The summed E-state index contributed by atoms with van der Waals surface area (Å²) < 4.78 is 32.0. The quantitative estimate of drug-likeness (QED) is 0.0319. The molecule has 1 aliphatic rings. The third kappa shape index (κ3) is 26.1. The highest BCUT2D eigenvalue weighted by atomic mass is 35.5. The van der Waals surface area contributed by atoms with Gasteiger partial charge in [-0.25, -0.2) is 51.3 Å². The summed E-state index contributed by atoms with van der Waals surface area (Å²) in [6.45, 7) is 13.0. The Morgan fingerprint density at radius 1 is 0.402 bits per heavy atom. The first kappa shape index (κ1) is 98.2. The van der Waals surface area contributed by atoms with E-state index in [1.54, 1.807) is 159 Å². The molecule has 0 aliphatic carbocycles. The topological polar surface area (TPSA) is 401 Å². The first-order valence-electron chi connectivity index (χ1n) is 40.3. The molecule has 13 N–H and O–H groups in total. The van der Waals surface area contributed by atoms with Gasteiger partial charge in [0.05, 0.1) is 134 Å². The van der Waals surface area contributed by atoms with Crippen LogP contribution in [0, 0.1) is 0 Å². The summed E-state index contributed by atoms with van der Waals surface area (Å²) in [5, 5.41) is 47.6. The fraction of sp³-hybridized carbons (Fsp3) is 0.174. The van der Waals surface area contributed by atoms with E-state index >= 15 is 0 Å². The maximum absolute atomic E-state index is 12.8. The number of halogens is 8. The van der Waals surface area contributed by atoms with Crippen LogP contribution in [-0.2, 0) is 67.5 Å². The van der Waals surface area contributed by atoms with Crippen LogP contribution in [0.2, 0.25) is 40.2 Å². The van der Waals surface area contributed by atoms with Gasteiger partial charge in [0.15, 0.2) is 0 Å². The molecule has 0 saturated carbocycles. The van der Waals surface area contributed by atoms with E-state index in [1.165, 1.54) is 21.9 Å². The van der Waals surface area contributed by atoms with Crippen LogP contribution in [0.3, 0.4) is 0 Å². The van der Waals surface area contributed by atoms with E-state index in [4.69, 9.17) is 114 Å². The Morgan fingerprint density at radius 3 is 1.14 bits per heavy atom. The van der Waals surface area contributed by atoms with Gasteiger partial charge in [-0.3, -0.25) is 35.7 Å². The molecule has 132 heavy (non-hydrogen) atoms. The number of hydrogen-bond acceptors (Lipinski definition) is 15. The lowest BCUT2D eigenvalue weighted by molar-refractivity contribution is -0.120. The van der Waals surface area contributed by atoms with Crippen molar-refractivity contribution in [2.45, 2.75) is 84.6 Å². The van der Waals surface area contributed by atoms with Crippen molar-refractivity contribution in [3.05, 3.63) is 309 Å². The van der Waals surface area contributed by atoms with Gasteiger partial charge in [0.1, 0.15) is 34.7 Å². The van der Waals surface area contributed by atoms with Gasteiger partial charge in [0.25, 0.3) is 0 Å². The average Bonchev–Trinajstić information content (AvgIpc) is 1.70. The van der Waals surface area contributed by atoms with Crippen LogP contribution in [0.25, 0.3) is 45.4 Å². The van der Waals surface area contributed by atoms with Crippen LogP contribution in [0.15, 0.2) is 229 Å². The molecule has 9 aromatic carbocycles. The van der Waals surface area contributed by atoms with Gasteiger partial charge < -0.3 is 38.1 Å². The van der Waals surface area contributed by atoms with E-state index in [0.29, 0.717) is 120 Å². The molecule has 30 nitrogen and oxygen atoms in total. The standard InChI is InChI=1S/C24H27Cl2N5O3S.C24H19Cl2N5O2.C23H25Cl2N5O2.C21H16Cl2N6O2S/c1-24(2,3)20-13-21(28-23(32)27-19-7-5-6-18(25)22(19)26)31(29-20)17-9-8-15-10-11-30(35(4,33)34)14-16(15)12-17;25-18-10-5-11-19(23(18)26)28-24(33)29-22-14-20(16-7-2-1-3-8-16)30-31(22)17-9-4-6-15(12-17)13-21(27)32;1-23(2,3)18-13-19(28-22(32)27-17-10-6-9-16(24)21(17)25)30(29-18)15-8-5-7-14(11-15)12-20(31)26-4;22-14-5-2-6-15(20(14)23)26-21(31)27-19-9-16(17-10-32-11-25-17)28-29(19)13-4-1-3-12(7-13)8-18(24)30/h5-9,12-13H,10-11,14H2,1-4H3,(H2,27,28,32);1-12,14H,13H2,(H2,27,32)(H2,28,29,33);5-11,13H,12H2,1-4H3,(H,26,31)(H2,27,28,32);1-7,9-11H,8H2,(H2,24,30)(H2,26,27,31). The predicted molar refractivity (Wildman–Crippen MR) is 527 cm³/mol. The number of sulfonamides is 1. The zero-order valence-electron chi connectivity index (χ0n) is 71.8. The lowest BCUT2D eigenvalue weighted by Gasteiger charge is -2.27. The Hall–Kier alpha value is -12.8. The van der Waals surface area contributed by atoms with Crippen molar-refractivity contribution in [2.75, 3.05) is 62.4 Å². The van der Waals surface area contributed by atoms with Gasteiger partial charge in [-0.2, -0.15) is 24.7 Å². The van der Waals surface area contributed by atoms with Crippen molar-refractivity contribution in [1.29, 1.82) is 0 Å². The number of carbonyl (C=O) groups is 7. The number of primary amides is 2. The van der Waals surface area contributed by atoms with Crippen LogP contribution in [0.5, 0.6) is 0 Å². The summed E-state index contributed by atoms with van der Waals surface area (Å²) in [4.78, 5) is 89.8. The number of fused-ring (bicyclic) bond motifs is 1. The third-order valence-corrected chi connectivity index (χ3v) is 24.8. The fourth-order valence-corrected chi connectivity index (χ4v) is 15.8. The highest BCUT2D eigenvalue weighted by Gasteiger charge is 2.29. The van der Waals surface area contributed by atoms with E-state index < -0.39 is 46.0 Å². The molecule has 682 valence electrons. The molecule has 0 saturated heterocycles. The number of amides is 11. The first-order chi connectivity index (χ1) is 62.7. The molecule has 0 unspecified atom stereocenters. The third-order valence-electron chi connectivity index (χ3n) is 19.7. The minimum Gasteiger partial charge on any atom is -0.369 e. The maximum atomic E-state index is 12.8. The normalized spacial score (nSPS) is 11.8. The molecule has 11 amide bonds. The number of nitrogens with one attached hydrogen (secondary N) is 9. The molecule has 0 fully saturated rings. The monoisotopic (exact) mass is 1970 g/mol. The van der Waals surface area contributed by atoms with Gasteiger partial charge in [-0.05, 0) is 131 Å². The summed E-state index contributed by atoms with van der Waals surface area (Å²) in [6, 6.07) is 62.2. The Kier molecular flexibility index (Phi) is 32.3. The van der Waals surface area contributed by atoms with Crippen molar-refractivity contribution in [3.8, 4) is 45.4 Å². The number of hydrogen-bond donors (Lipinski definition) is 11. The van der Waals surface area contributed by atoms with Crippen molar-refractivity contribution in [1.82, 2.24) is 53.7 Å². The second kappa shape index (κ2) is 43.5. The highest BCUT2D eigenvalue weighted by molar-refractivity contribution is 7.88. The van der Waals surface area contributed by atoms with Crippen LogP contribution in [0.1, 0.15) is 80.7 Å². The van der Waals surface area contributed by atoms with Gasteiger partial charge in [-0.1, -0.05) is 231 Å². The van der Waals surface area contributed by atoms with Gasteiger partial charge >= 0.3 is 24.1 Å². The molecule has 0 bridgehead atoms. The van der Waals surface area contributed by atoms with E-state index in [-0.39, 0.29) is 56.1 Å². The lowest BCUT2D eigenvalue weighted by atomic mass is 9.92. The molecule has 5 aromatic heterocycles. The Labute approximate surface area is 804 Å². The summed E-state index contributed by atoms with van der Waals surface area (Å²) >= 11 is 50.3.